The maximum absolute atomic E-state index is 15.0. The number of ether oxygens (including phenoxy) is 1. The Hall–Kier alpha value is -3.52. The van der Waals surface area contributed by atoms with Gasteiger partial charge in [-0.1, -0.05) is 6.58 Å². The number of nitrogens with zero attached hydrogens (tertiary/aromatic N) is 3. The Morgan fingerprint density at radius 1 is 1.18 bits per heavy atom. The van der Waals surface area contributed by atoms with E-state index in [1.54, 1.807) is 18.3 Å². The predicted octanol–water partition coefficient (Wildman–Crippen LogP) is 4.93. The van der Waals surface area contributed by atoms with E-state index in [4.69, 9.17) is 4.74 Å². The predicted molar refractivity (Wildman–Crippen MR) is 125 cm³/mol. The fourth-order valence-corrected chi connectivity index (χ4v) is 4.35. The lowest BCUT2D eigenvalue weighted by atomic mass is 10.1. The van der Waals surface area contributed by atoms with Crippen molar-refractivity contribution < 1.29 is 13.5 Å². The van der Waals surface area contributed by atoms with Crippen LogP contribution in [0.5, 0.6) is 5.75 Å². The van der Waals surface area contributed by atoms with Crippen molar-refractivity contribution in [3.63, 3.8) is 0 Å². The number of pyridine rings is 2. The van der Waals surface area contributed by atoms with Crippen molar-refractivity contribution in [3.05, 3.63) is 71.7 Å². The van der Waals surface area contributed by atoms with E-state index in [0.29, 0.717) is 22.8 Å². The number of hydrogen-bond donors (Lipinski definition) is 2. The van der Waals surface area contributed by atoms with E-state index in [-0.39, 0.29) is 24.1 Å². The second-order valence-corrected chi connectivity index (χ2v) is 8.53. The molecule has 0 atom stereocenters. The minimum absolute atomic E-state index is 0.0339. The van der Waals surface area contributed by atoms with Crippen LogP contribution in [0.4, 0.5) is 26.0 Å². The van der Waals surface area contributed by atoms with E-state index >= 15 is 0 Å². The molecular weight excluding hydrogens is 424 g/mol. The molecule has 2 aliphatic heterocycles. The average Bonchev–Trinajstić information content (AvgIpc) is 2.79. The number of fused-ring (bicyclic) bond motifs is 2. The Labute approximate surface area is 191 Å². The second kappa shape index (κ2) is 8.44. The lowest BCUT2D eigenvalue weighted by Gasteiger charge is -2.36. The first-order valence-corrected chi connectivity index (χ1v) is 11.0. The number of anilines is 3. The third kappa shape index (κ3) is 4.02. The molecule has 0 saturated carbocycles. The molecule has 0 aliphatic carbocycles. The molecule has 6 nitrogen and oxygen atoms in total. The zero-order valence-corrected chi connectivity index (χ0v) is 18.6. The SMILES string of the molecule is C=C1COc2c(F)cc(-c3nc(Nc4cnc5c(c4)CNCC5)ccc3F)cc2N1C(C)C. The molecule has 2 N–H and O–H groups in total. The van der Waals surface area contributed by atoms with Gasteiger partial charge in [0.25, 0.3) is 0 Å². The summed E-state index contributed by atoms with van der Waals surface area (Å²) in [4.78, 5) is 10.9. The Bertz CT molecular complexity index is 1240. The van der Waals surface area contributed by atoms with Crippen LogP contribution in [0.1, 0.15) is 25.1 Å². The van der Waals surface area contributed by atoms with Crippen molar-refractivity contribution >= 4 is 17.2 Å². The van der Waals surface area contributed by atoms with Crippen LogP contribution >= 0.6 is 0 Å². The van der Waals surface area contributed by atoms with Crippen LogP contribution in [-0.2, 0) is 13.0 Å². The highest BCUT2D eigenvalue weighted by Crippen LogP contribution is 2.41. The molecule has 0 radical (unpaired) electrons. The van der Waals surface area contributed by atoms with Gasteiger partial charge in [0.15, 0.2) is 11.6 Å². The largest absolute Gasteiger partial charge is 0.482 e. The van der Waals surface area contributed by atoms with Crippen LogP contribution < -0.4 is 20.3 Å². The van der Waals surface area contributed by atoms with Gasteiger partial charge in [-0.3, -0.25) is 4.98 Å². The normalized spacial score (nSPS) is 15.2. The molecule has 33 heavy (non-hydrogen) atoms. The lowest BCUT2D eigenvalue weighted by molar-refractivity contribution is 0.314. The number of halogens is 2. The third-order valence-electron chi connectivity index (χ3n) is 5.83. The van der Waals surface area contributed by atoms with E-state index in [1.165, 1.54) is 12.1 Å². The van der Waals surface area contributed by atoms with Gasteiger partial charge in [-0.05, 0) is 49.7 Å². The summed E-state index contributed by atoms with van der Waals surface area (Å²) in [6, 6.07) is 7.88. The zero-order chi connectivity index (χ0) is 23.1. The van der Waals surface area contributed by atoms with E-state index < -0.39 is 11.6 Å². The summed E-state index contributed by atoms with van der Waals surface area (Å²) in [6.45, 7) is 9.87. The van der Waals surface area contributed by atoms with Crippen LogP contribution in [0.2, 0.25) is 0 Å². The van der Waals surface area contributed by atoms with E-state index in [9.17, 15) is 8.78 Å². The fraction of sp³-hybridized carbons (Fsp3) is 0.280. The maximum Gasteiger partial charge on any atom is 0.179 e. The maximum atomic E-state index is 15.0. The van der Waals surface area contributed by atoms with Crippen molar-refractivity contribution in [3.8, 4) is 17.0 Å². The minimum atomic E-state index is -0.563. The quantitative estimate of drug-likeness (QED) is 0.589. The van der Waals surface area contributed by atoms with Gasteiger partial charge in [-0.2, -0.15) is 0 Å². The number of nitrogens with one attached hydrogen (secondary N) is 2. The van der Waals surface area contributed by atoms with Crippen LogP contribution in [-0.4, -0.2) is 29.2 Å². The monoisotopic (exact) mass is 449 g/mol. The van der Waals surface area contributed by atoms with Gasteiger partial charge >= 0.3 is 0 Å². The van der Waals surface area contributed by atoms with Crippen molar-refractivity contribution in [2.24, 2.45) is 0 Å². The number of aromatic nitrogens is 2. The molecule has 1 aromatic carbocycles. The summed E-state index contributed by atoms with van der Waals surface area (Å²) in [6.07, 6.45) is 2.64. The van der Waals surface area contributed by atoms with Gasteiger partial charge in [0.2, 0.25) is 0 Å². The highest BCUT2D eigenvalue weighted by atomic mass is 19.1. The molecule has 0 amide bonds. The van der Waals surface area contributed by atoms with Gasteiger partial charge < -0.3 is 20.3 Å². The molecule has 3 aromatic rings. The Balaban J connectivity index is 1.51. The molecule has 0 saturated heterocycles. The minimum Gasteiger partial charge on any atom is -0.482 e. The Kier molecular flexibility index (Phi) is 5.46. The van der Waals surface area contributed by atoms with Gasteiger partial charge in [-0.15, -0.1) is 0 Å². The summed E-state index contributed by atoms with van der Waals surface area (Å²) in [5, 5.41) is 6.52. The summed E-state index contributed by atoms with van der Waals surface area (Å²) in [5.41, 5.74) is 4.57. The number of rotatable bonds is 4. The summed E-state index contributed by atoms with van der Waals surface area (Å²) in [5.74, 6) is -0.523. The summed E-state index contributed by atoms with van der Waals surface area (Å²) < 4.78 is 35.3. The molecule has 170 valence electrons. The van der Waals surface area contributed by atoms with Crippen molar-refractivity contribution in [2.75, 3.05) is 23.4 Å². The summed E-state index contributed by atoms with van der Waals surface area (Å²) >= 11 is 0. The smallest absolute Gasteiger partial charge is 0.179 e. The topological polar surface area (TPSA) is 62.3 Å². The van der Waals surface area contributed by atoms with E-state index in [0.717, 1.165) is 36.5 Å². The Morgan fingerprint density at radius 3 is 2.85 bits per heavy atom. The Morgan fingerprint density at radius 2 is 2.03 bits per heavy atom. The fourth-order valence-electron chi connectivity index (χ4n) is 4.35. The van der Waals surface area contributed by atoms with E-state index in [2.05, 4.69) is 27.2 Å². The molecule has 0 spiro atoms. The average molecular weight is 450 g/mol. The van der Waals surface area contributed by atoms with Crippen molar-refractivity contribution in [1.29, 1.82) is 0 Å². The van der Waals surface area contributed by atoms with Crippen LogP contribution in [0.25, 0.3) is 11.3 Å². The van der Waals surface area contributed by atoms with Crippen LogP contribution in [0.3, 0.4) is 0 Å². The molecule has 0 fully saturated rings. The van der Waals surface area contributed by atoms with Crippen LogP contribution in [0, 0.1) is 11.6 Å². The molecule has 0 bridgehead atoms. The van der Waals surface area contributed by atoms with Gasteiger partial charge in [0, 0.05) is 42.5 Å². The van der Waals surface area contributed by atoms with Gasteiger partial charge in [0.05, 0.1) is 17.6 Å². The first kappa shape index (κ1) is 21.3. The van der Waals surface area contributed by atoms with Crippen molar-refractivity contribution in [2.45, 2.75) is 32.9 Å². The molecule has 5 rings (SSSR count). The van der Waals surface area contributed by atoms with Crippen LogP contribution in [0.15, 0.2) is 48.8 Å². The summed E-state index contributed by atoms with van der Waals surface area (Å²) in [7, 11) is 0. The molecule has 0 unspecified atom stereocenters. The molecule has 2 aliphatic rings. The first-order chi connectivity index (χ1) is 15.9. The molecule has 4 heterocycles. The van der Waals surface area contributed by atoms with Crippen molar-refractivity contribution in [1.82, 2.24) is 15.3 Å². The molecule has 2 aromatic heterocycles. The van der Waals surface area contributed by atoms with E-state index in [1.807, 2.05) is 24.8 Å². The number of benzene rings is 1. The highest BCUT2D eigenvalue weighted by Gasteiger charge is 2.28. The molecular formula is C25H25F2N5O. The zero-order valence-electron chi connectivity index (χ0n) is 18.6. The molecule has 8 heteroatoms. The second-order valence-electron chi connectivity index (χ2n) is 8.53. The first-order valence-electron chi connectivity index (χ1n) is 11.0. The third-order valence-corrected chi connectivity index (χ3v) is 5.83. The lowest BCUT2D eigenvalue weighted by Crippen LogP contribution is -2.35. The van der Waals surface area contributed by atoms with Gasteiger partial charge in [0.1, 0.15) is 23.9 Å². The standard InChI is InChI=1S/C25H25F2N5O/c1-14(2)32-15(3)13-33-25-20(27)9-16(10-22(25)32)24-19(26)4-5-23(31-24)30-18-8-17-11-28-7-6-21(17)29-12-18/h4-5,8-10,12,14,28H,3,6-7,11,13H2,1-2H3,(H,30,31). The number of hydrogen-bond acceptors (Lipinski definition) is 6. The van der Waals surface area contributed by atoms with Gasteiger partial charge in [-0.25, -0.2) is 13.8 Å². The highest BCUT2D eigenvalue weighted by molar-refractivity contribution is 5.75.